The van der Waals surface area contributed by atoms with Gasteiger partial charge in [0.25, 0.3) is 11.8 Å². The molecule has 0 aliphatic heterocycles. The summed E-state index contributed by atoms with van der Waals surface area (Å²) < 4.78 is 0.824. The van der Waals surface area contributed by atoms with Crippen LogP contribution in [0.15, 0.2) is 61.2 Å². The fourth-order valence-corrected chi connectivity index (χ4v) is 2.85. The Morgan fingerprint density at radius 2 is 1.68 bits per heavy atom. The molecule has 0 radical (unpaired) electrons. The predicted molar refractivity (Wildman–Crippen MR) is 112 cm³/mol. The van der Waals surface area contributed by atoms with Gasteiger partial charge in [0.05, 0.1) is 16.8 Å². The van der Waals surface area contributed by atoms with Crippen molar-refractivity contribution >= 4 is 57.4 Å². The molecule has 2 aromatic carbocycles. The zero-order valence-electron chi connectivity index (χ0n) is 13.2. The molecule has 2 rings (SSSR count). The molecule has 0 heterocycles. The van der Waals surface area contributed by atoms with E-state index in [-0.39, 0.29) is 16.9 Å². The number of nitrogens with one attached hydrogen (secondary N) is 3. The lowest BCUT2D eigenvalue weighted by Crippen LogP contribution is -2.35. The molecule has 25 heavy (non-hydrogen) atoms. The van der Waals surface area contributed by atoms with Crippen LogP contribution >= 0.6 is 34.8 Å². The van der Waals surface area contributed by atoms with Gasteiger partial charge in [-0.05, 0) is 59.1 Å². The highest BCUT2D eigenvalue weighted by Crippen LogP contribution is 2.15. The third kappa shape index (κ3) is 5.36. The highest BCUT2D eigenvalue weighted by Gasteiger charge is 2.14. The molecular weight excluding hydrogens is 449 g/mol. The summed E-state index contributed by atoms with van der Waals surface area (Å²) in [7, 11) is 0. The molecule has 0 aliphatic rings. The monoisotopic (exact) mass is 465 g/mol. The molecule has 0 aliphatic carbocycles. The number of para-hydroxylation sites is 1. The molecule has 128 valence electrons. The number of hydrogen-bond acceptors (Lipinski definition) is 3. The minimum Gasteiger partial charge on any atom is -0.349 e. The summed E-state index contributed by atoms with van der Waals surface area (Å²) in [6.45, 7) is 3.93. The molecule has 3 N–H and O–H groups in total. The molecule has 2 aromatic rings. The highest BCUT2D eigenvalue weighted by molar-refractivity contribution is 14.1. The molecular formula is C18H16IN3O2S. The van der Waals surface area contributed by atoms with Crippen molar-refractivity contribution in [1.29, 1.82) is 0 Å². The lowest BCUT2D eigenvalue weighted by Gasteiger charge is -2.13. The first-order valence-electron chi connectivity index (χ1n) is 7.38. The first kappa shape index (κ1) is 19.1. The largest absolute Gasteiger partial charge is 0.349 e. The minimum absolute atomic E-state index is 0.119. The number of anilines is 1. The SMILES string of the molecule is C=CCNC(=O)c1ccccc1NC(=S)NC(=O)c1ccccc1I. The summed E-state index contributed by atoms with van der Waals surface area (Å²) in [5.74, 6) is -0.564. The van der Waals surface area contributed by atoms with E-state index < -0.39 is 0 Å². The van der Waals surface area contributed by atoms with Gasteiger partial charge in [0.2, 0.25) is 0 Å². The Morgan fingerprint density at radius 1 is 1.04 bits per heavy atom. The molecule has 0 unspecified atom stereocenters. The first-order valence-corrected chi connectivity index (χ1v) is 8.86. The molecule has 0 aromatic heterocycles. The van der Waals surface area contributed by atoms with Gasteiger partial charge in [-0.25, -0.2) is 0 Å². The van der Waals surface area contributed by atoms with Crippen molar-refractivity contribution in [3.63, 3.8) is 0 Å². The quantitative estimate of drug-likeness (QED) is 0.360. The van der Waals surface area contributed by atoms with Gasteiger partial charge in [-0.3, -0.25) is 14.9 Å². The van der Waals surface area contributed by atoms with Crippen LogP contribution < -0.4 is 16.0 Å². The normalized spacial score (nSPS) is 9.80. The Bertz CT molecular complexity index is 823. The Labute approximate surface area is 165 Å². The van der Waals surface area contributed by atoms with Crippen LogP contribution in [0.25, 0.3) is 0 Å². The van der Waals surface area contributed by atoms with Crippen molar-refractivity contribution in [2.45, 2.75) is 0 Å². The van der Waals surface area contributed by atoms with Crippen molar-refractivity contribution in [3.8, 4) is 0 Å². The fraction of sp³-hybridized carbons (Fsp3) is 0.0556. The molecule has 2 amide bonds. The van der Waals surface area contributed by atoms with E-state index in [1.165, 1.54) is 0 Å². The van der Waals surface area contributed by atoms with Gasteiger partial charge in [0, 0.05) is 10.1 Å². The second-order valence-electron chi connectivity index (χ2n) is 4.93. The second kappa shape index (κ2) is 9.28. The molecule has 7 heteroatoms. The molecule has 5 nitrogen and oxygen atoms in total. The van der Waals surface area contributed by atoms with Crippen LogP contribution in [0.5, 0.6) is 0 Å². The molecule has 0 saturated heterocycles. The van der Waals surface area contributed by atoms with Crippen LogP contribution in [-0.2, 0) is 0 Å². The lowest BCUT2D eigenvalue weighted by molar-refractivity contribution is 0.0956. The van der Waals surface area contributed by atoms with Gasteiger partial charge in [-0.15, -0.1) is 6.58 Å². The maximum Gasteiger partial charge on any atom is 0.258 e. The summed E-state index contributed by atoms with van der Waals surface area (Å²) in [6, 6.07) is 14.1. The average molecular weight is 465 g/mol. The highest BCUT2D eigenvalue weighted by atomic mass is 127. The smallest absolute Gasteiger partial charge is 0.258 e. The predicted octanol–water partition coefficient (Wildman–Crippen LogP) is 3.33. The Balaban J connectivity index is 2.08. The van der Waals surface area contributed by atoms with E-state index in [2.05, 4.69) is 45.1 Å². The maximum atomic E-state index is 12.3. The van der Waals surface area contributed by atoms with Crippen molar-refractivity contribution in [3.05, 3.63) is 75.9 Å². The molecule has 0 spiro atoms. The number of benzene rings is 2. The van der Waals surface area contributed by atoms with Gasteiger partial charge in [0.1, 0.15) is 0 Å². The Morgan fingerprint density at radius 3 is 2.36 bits per heavy atom. The van der Waals surface area contributed by atoms with Crippen LogP contribution in [0.1, 0.15) is 20.7 Å². The molecule has 0 saturated carbocycles. The zero-order valence-corrected chi connectivity index (χ0v) is 16.2. The second-order valence-corrected chi connectivity index (χ2v) is 6.50. The molecule has 0 atom stereocenters. The van der Waals surface area contributed by atoms with Crippen molar-refractivity contribution in [2.75, 3.05) is 11.9 Å². The van der Waals surface area contributed by atoms with Gasteiger partial charge in [-0.1, -0.05) is 30.3 Å². The van der Waals surface area contributed by atoms with E-state index in [0.717, 1.165) is 3.57 Å². The van der Waals surface area contributed by atoms with Gasteiger partial charge < -0.3 is 10.6 Å². The topological polar surface area (TPSA) is 70.2 Å². The van der Waals surface area contributed by atoms with E-state index >= 15 is 0 Å². The molecule has 0 fully saturated rings. The summed E-state index contributed by atoms with van der Waals surface area (Å²) in [4.78, 5) is 24.5. The van der Waals surface area contributed by atoms with Gasteiger partial charge in [0.15, 0.2) is 5.11 Å². The van der Waals surface area contributed by atoms with Crippen molar-refractivity contribution in [2.24, 2.45) is 0 Å². The molecule has 0 bridgehead atoms. The van der Waals surface area contributed by atoms with E-state index in [0.29, 0.717) is 23.4 Å². The summed E-state index contributed by atoms with van der Waals surface area (Å²) in [5, 5.41) is 8.35. The fourth-order valence-electron chi connectivity index (χ4n) is 2.02. The van der Waals surface area contributed by atoms with Crippen LogP contribution in [-0.4, -0.2) is 23.5 Å². The zero-order chi connectivity index (χ0) is 18.2. The van der Waals surface area contributed by atoms with Crippen molar-refractivity contribution < 1.29 is 9.59 Å². The van der Waals surface area contributed by atoms with Crippen LogP contribution in [0.3, 0.4) is 0 Å². The Hall–Kier alpha value is -2.26. The average Bonchev–Trinajstić information content (AvgIpc) is 2.60. The summed E-state index contributed by atoms with van der Waals surface area (Å²) in [6.07, 6.45) is 1.60. The minimum atomic E-state index is -0.309. The maximum absolute atomic E-state index is 12.3. The summed E-state index contributed by atoms with van der Waals surface area (Å²) in [5.41, 5.74) is 1.47. The number of amides is 2. The standard InChI is InChI=1S/C18H16IN3O2S/c1-2-11-20-16(23)13-8-4-6-10-15(13)21-18(25)22-17(24)12-7-3-5-9-14(12)19/h2-10H,1,11H2,(H,20,23)(H2,21,22,24,25). The van der Waals surface area contributed by atoms with E-state index in [9.17, 15) is 9.59 Å². The number of thiocarbonyl (C=S) groups is 1. The van der Waals surface area contributed by atoms with E-state index in [1.54, 1.807) is 42.5 Å². The van der Waals surface area contributed by atoms with Crippen LogP contribution in [0.4, 0.5) is 5.69 Å². The van der Waals surface area contributed by atoms with Gasteiger partial charge >= 0.3 is 0 Å². The van der Waals surface area contributed by atoms with E-state index in [4.69, 9.17) is 12.2 Å². The third-order valence-electron chi connectivity index (χ3n) is 3.17. The number of carbonyl (C=O) groups excluding carboxylic acids is 2. The van der Waals surface area contributed by atoms with Crippen LogP contribution in [0, 0.1) is 3.57 Å². The third-order valence-corrected chi connectivity index (χ3v) is 4.32. The number of halogens is 1. The van der Waals surface area contributed by atoms with Gasteiger partial charge in [-0.2, -0.15) is 0 Å². The van der Waals surface area contributed by atoms with E-state index in [1.807, 2.05) is 12.1 Å². The number of carbonyl (C=O) groups is 2. The van der Waals surface area contributed by atoms with Crippen molar-refractivity contribution in [1.82, 2.24) is 10.6 Å². The van der Waals surface area contributed by atoms with Crippen LogP contribution in [0.2, 0.25) is 0 Å². The lowest BCUT2D eigenvalue weighted by atomic mass is 10.1. The summed E-state index contributed by atoms with van der Waals surface area (Å²) >= 11 is 7.28. The first-order chi connectivity index (χ1) is 12.0. The number of rotatable bonds is 5. The number of hydrogen-bond donors (Lipinski definition) is 3. The Kier molecular flexibility index (Phi) is 7.08.